The first-order chi connectivity index (χ1) is 7.89. The number of rotatable bonds is 1. The summed E-state index contributed by atoms with van der Waals surface area (Å²) in [6, 6.07) is 4.95. The van der Waals surface area contributed by atoms with Crippen LogP contribution in [0.2, 0.25) is 0 Å². The number of hydrogen-bond donors (Lipinski definition) is 0. The van der Waals surface area contributed by atoms with Crippen LogP contribution in [-0.4, -0.2) is 14.3 Å². The molecule has 0 N–H and O–H groups in total. The van der Waals surface area contributed by atoms with Gasteiger partial charge in [0.25, 0.3) is 0 Å². The number of benzene rings is 1. The minimum atomic E-state index is -4.36. The van der Waals surface area contributed by atoms with Crippen molar-refractivity contribution >= 4 is 12.2 Å². The molecule has 0 aliphatic heterocycles. The summed E-state index contributed by atoms with van der Waals surface area (Å²) in [4.78, 5) is 0. The molecular weight excluding hydrogens is 251 g/mol. The maximum atomic E-state index is 12.5. The van der Waals surface area contributed by atoms with Gasteiger partial charge in [0.1, 0.15) is 6.33 Å². The normalized spacial score (nSPS) is 11.8. The zero-order valence-electron chi connectivity index (χ0n) is 8.77. The minimum Gasteiger partial charge on any atom is -0.275 e. The third kappa shape index (κ3) is 2.23. The Morgan fingerprint density at radius 3 is 2.53 bits per heavy atom. The Hall–Kier alpha value is -1.63. The van der Waals surface area contributed by atoms with Gasteiger partial charge < -0.3 is 0 Å². The van der Waals surface area contributed by atoms with Gasteiger partial charge in [0.2, 0.25) is 4.77 Å². The van der Waals surface area contributed by atoms with Gasteiger partial charge in [-0.05, 0) is 30.4 Å². The molecule has 0 spiro atoms. The molecule has 0 amide bonds. The lowest BCUT2D eigenvalue weighted by Gasteiger charge is -2.08. The van der Waals surface area contributed by atoms with Crippen LogP contribution in [0.25, 0.3) is 5.69 Å². The molecule has 0 aliphatic carbocycles. The molecule has 7 heteroatoms. The molecule has 90 valence electrons. The lowest BCUT2D eigenvalue weighted by molar-refractivity contribution is -0.137. The number of aromatic nitrogens is 3. The third-order valence-corrected chi connectivity index (χ3v) is 2.74. The Balaban J connectivity index is 2.55. The van der Waals surface area contributed by atoms with E-state index in [9.17, 15) is 13.2 Å². The molecule has 1 aromatic carbocycles. The van der Waals surface area contributed by atoms with Crippen LogP contribution in [0.1, 0.15) is 5.56 Å². The summed E-state index contributed by atoms with van der Waals surface area (Å²) < 4.78 is 40.8. The summed E-state index contributed by atoms with van der Waals surface area (Å²) in [6.07, 6.45) is -2.97. The maximum absolute atomic E-state index is 12.5. The Morgan fingerprint density at radius 2 is 2.00 bits per heavy atom. The number of aryl methyl sites for hydroxylation is 1. The van der Waals surface area contributed by atoms with Crippen LogP contribution >= 0.6 is 12.2 Å². The topological polar surface area (TPSA) is 22.8 Å². The van der Waals surface area contributed by atoms with Gasteiger partial charge in [0.15, 0.2) is 0 Å². The van der Waals surface area contributed by atoms with E-state index in [0.717, 1.165) is 12.1 Å². The summed E-state index contributed by atoms with van der Waals surface area (Å²) in [5, 5.41) is 3.88. The molecule has 0 radical (unpaired) electrons. The van der Waals surface area contributed by atoms with E-state index >= 15 is 0 Å². The first-order valence-corrected chi connectivity index (χ1v) is 5.09. The smallest absolute Gasteiger partial charge is 0.275 e. The second-order valence-corrected chi connectivity index (χ2v) is 3.82. The van der Waals surface area contributed by atoms with E-state index in [4.69, 9.17) is 12.2 Å². The van der Waals surface area contributed by atoms with E-state index in [0.29, 0.717) is 10.5 Å². The summed E-state index contributed by atoms with van der Waals surface area (Å²) in [7, 11) is 1.63. The zero-order chi connectivity index (χ0) is 12.6. The van der Waals surface area contributed by atoms with Gasteiger partial charge in [0.05, 0.1) is 5.56 Å². The molecule has 0 saturated carbocycles. The van der Waals surface area contributed by atoms with E-state index in [1.807, 2.05) is 0 Å². The Morgan fingerprint density at radius 1 is 1.29 bits per heavy atom. The lowest BCUT2D eigenvalue weighted by Crippen LogP contribution is -2.06. The van der Waals surface area contributed by atoms with Gasteiger partial charge in [-0.3, -0.25) is 4.57 Å². The molecule has 1 heterocycles. The summed E-state index contributed by atoms with van der Waals surface area (Å²) in [6.45, 7) is 0. The average Bonchev–Trinajstić information content (AvgIpc) is 2.59. The number of nitrogens with zero attached hydrogens (tertiary/aromatic N) is 3. The molecular formula is C10H8F3N3S. The van der Waals surface area contributed by atoms with Crippen molar-refractivity contribution < 1.29 is 13.2 Å². The van der Waals surface area contributed by atoms with E-state index in [1.54, 1.807) is 13.1 Å². The average molecular weight is 259 g/mol. The van der Waals surface area contributed by atoms with Crippen molar-refractivity contribution in [2.24, 2.45) is 7.05 Å². The molecule has 0 bridgehead atoms. The quantitative estimate of drug-likeness (QED) is 0.735. The predicted molar refractivity (Wildman–Crippen MR) is 58.4 cm³/mol. The molecule has 0 atom stereocenters. The van der Waals surface area contributed by atoms with Crippen LogP contribution in [0.5, 0.6) is 0 Å². The van der Waals surface area contributed by atoms with Crippen molar-refractivity contribution in [1.29, 1.82) is 0 Å². The monoisotopic (exact) mass is 259 g/mol. The highest BCUT2D eigenvalue weighted by Gasteiger charge is 2.30. The van der Waals surface area contributed by atoms with E-state index in [-0.39, 0.29) is 0 Å². The van der Waals surface area contributed by atoms with Crippen molar-refractivity contribution in [2.75, 3.05) is 0 Å². The number of hydrogen-bond acceptors (Lipinski definition) is 2. The van der Waals surface area contributed by atoms with Gasteiger partial charge in [-0.25, -0.2) is 4.68 Å². The molecule has 0 aliphatic rings. The third-order valence-electron chi connectivity index (χ3n) is 2.27. The van der Waals surface area contributed by atoms with Crippen molar-refractivity contribution in [2.45, 2.75) is 6.18 Å². The zero-order valence-corrected chi connectivity index (χ0v) is 9.59. The first-order valence-electron chi connectivity index (χ1n) is 4.68. The number of alkyl halides is 3. The molecule has 2 aromatic rings. The summed E-state index contributed by atoms with van der Waals surface area (Å²) in [5.41, 5.74) is -0.362. The van der Waals surface area contributed by atoms with Gasteiger partial charge in [0, 0.05) is 12.7 Å². The van der Waals surface area contributed by atoms with Crippen LogP contribution in [0, 0.1) is 4.77 Å². The summed E-state index contributed by atoms with van der Waals surface area (Å²) in [5.74, 6) is 0. The molecule has 3 nitrogen and oxygen atoms in total. The predicted octanol–water partition coefficient (Wildman–Crippen LogP) is 2.96. The molecule has 17 heavy (non-hydrogen) atoms. The van der Waals surface area contributed by atoms with Gasteiger partial charge in [-0.2, -0.15) is 18.3 Å². The van der Waals surface area contributed by atoms with Crippen molar-refractivity contribution in [3.05, 3.63) is 40.9 Å². The van der Waals surface area contributed by atoms with Crippen LogP contribution in [0.4, 0.5) is 13.2 Å². The standard InChI is InChI=1S/C10H8F3N3S/c1-15-9(17)16(6-14-15)8-4-2-3-7(5-8)10(11,12)13/h2-6H,1H3. The SMILES string of the molecule is Cn1ncn(-c2cccc(C(F)(F)F)c2)c1=S. The van der Waals surface area contributed by atoms with Gasteiger partial charge in [-0.15, -0.1) is 0 Å². The van der Waals surface area contributed by atoms with Gasteiger partial charge in [-0.1, -0.05) is 6.07 Å². The van der Waals surface area contributed by atoms with Crippen molar-refractivity contribution in [3.63, 3.8) is 0 Å². The molecule has 0 fully saturated rings. The summed E-state index contributed by atoms with van der Waals surface area (Å²) >= 11 is 5.03. The fraction of sp³-hybridized carbons (Fsp3) is 0.200. The van der Waals surface area contributed by atoms with E-state index in [1.165, 1.54) is 21.6 Å². The largest absolute Gasteiger partial charge is 0.416 e. The van der Waals surface area contributed by atoms with E-state index < -0.39 is 11.7 Å². The lowest BCUT2D eigenvalue weighted by atomic mass is 10.2. The van der Waals surface area contributed by atoms with Crippen molar-refractivity contribution in [1.82, 2.24) is 14.3 Å². The second kappa shape index (κ2) is 3.99. The van der Waals surface area contributed by atoms with Crippen molar-refractivity contribution in [3.8, 4) is 5.69 Å². The van der Waals surface area contributed by atoms with E-state index in [2.05, 4.69) is 5.10 Å². The van der Waals surface area contributed by atoms with Crippen LogP contribution < -0.4 is 0 Å². The van der Waals surface area contributed by atoms with Crippen LogP contribution in [0.15, 0.2) is 30.6 Å². The molecule has 2 rings (SSSR count). The Labute approximate surface area is 100 Å². The highest BCUT2D eigenvalue weighted by Crippen LogP contribution is 2.30. The molecule has 0 saturated heterocycles. The van der Waals surface area contributed by atoms with Crippen LogP contribution in [0.3, 0.4) is 0 Å². The number of halogens is 3. The first kappa shape index (κ1) is 11.8. The molecule has 1 aromatic heterocycles. The van der Waals surface area contributed by atoms with Gasteiger partial charge >= 0.3 is 6.18 Å². The maximum Gasteiger partial charge on any atom is 0.416 e. The highest BCUT2D eigenvalue weighted by atomic mass is 32.1. The minimum absolute atomic E-state index is 0.337. The molecule has 0 unspecified atom stereocenters. The van der Waals surface area contributed by atoms with Crippen LogP contribution in [-0.2, 0) is 13.2 Å². The Bertz CT molecular complexity index is 597. The fourth-order valence-electron chi connectivity index (χ4n) is 1.39. The second-order valence-electron chi connectivity index (χ2n) is 3.46. The highest BCUT2D eigenvalue weighted by molar-refractivity contribution is 7.71. The Kier molecular flexibility index (Phi) is 2.78. The fourth-order valence-corrected chi connectivity index (χ4v) is 1.59.